The number of hydrogen-bond acceptors (Lipinski definition) is 3. The summed E-state index contributed by atoms with van der Waals surface area (Å²) in [6.45, 7) is 0.417. The van der Waals surface area contributed by atoms with Crippen LogP contribution in [0.3, 0.4) is 0 Å². The number of benzene rings is 2. The molecule has 1 aliphatic carbocycles. The van der Waals surface area contributed by atoms with E-state index in [1.807, 2.05) is 0 Å². The van der Waals surface area contributed by atoms with Crippen LogP contribution >= 0.6 is 35.6 Å². The predicted octanol–water partition coefficient (Wildman–Crippen LogP) is 4.67. The molecular weight excluding hydrogens is 383 g/mol. The van der Waals surface area contributed by atoms with Gasteiger partial charge in [0.25, 0.3) is 5.91 Å². The van der Waals surface area contributed by atoms with Gasteiger partial charge in [-0.05, 0) is 43.0 Å². The van der Waals surface area contributed by atoms with Crippen LogP contribution in [0.1, 0.15) is 23.2 Å². The number of hydrogen-bond donors (Lipinski definition) is 2. The predicted molar refractivity (Wildman–Crippen MR) is 103 cm³/mol. The number of carbonyl (C=O) groups is 1. The second-order valence-electron chi connectivity index (χ2n) is 5.86. The van der Waals surface area contributed by atoms with E-state index in [9.17, 15) is 4.79 Å². The number of rotatable bonds is 6. The minimum absolute atomic E-state index is 0. The van der Waals surface area contributed by atoms with Crippen LogP contribution in [0.4, 0.5) is 0 Å². The van der Waals surface area contributed by atoms with Gasteiger partial charge >= 0.3 is 0 Å². The quantitative estimate of drug-likeness (QED) is 0.739. The zero-order chi connectivity index (χ0) is 17.1. The number of para-hydroxylation sites is 1. The van der Waals surface area contributed by atoms with Crippen molar-refractivity contribution >= 4 is 41.5 Å². The molecule has 3 rings (SSSR count). The molecule has 1 amide bonds. The summed E-state index contributed by atoms with van der Waals surface area (Å²) in [6.07, 6.45) is 2.26. The van der Waals surface area contributed by atoms with Crippen LogP contribution in [0.2, 0.25) is 10.0 Å². The summed E-state index contributed by atoms with van der Waals surface area (Å²) >= 11 is 12.3. The number of amides is 1. The molecular formula is C18H19Cl3N2O2. The van der Waals surface area contributed by atoms with Gasteiger partial charge in [-0.25, -0.2) is 0 Å². The lowest BCUT2D eigenvalue weighted by molar-refractivity contribution is 0.0948. The maximum Gasteiger partial charge on any atom is 0.256 e. The molecule has 1 fully saturated rings. The molecule has 134 valence electrons. The van der Waals surface area contributed by atoms with E-state index in [0.717, 1.165) is 12.8 Å². The molecule has 0 aromatic heterocycles. The van der Waals surface area contributed by atoms with E-state index in [-0.39, 0.29) is 29.9 Å². The van der Waals surface area contributed by atoms with E-state index in [2.05, 4.69) is 5.32 Å². The van der Waals surface area contributed by atoms with E-state index in [4.69, 9.17) is 33.7 Å². The maximum absolute atomic E-state index is 12.5. The average molecular weight is 402 g/mol. The van der Waals surface area contributed by atoms with Gasteiger partial charge in [0.05, 0.1) is 10.0 Å². The SMILES string of the molecule is Cl.NC(CNC(=O)c1c(Cl)cccc1Oc1ccccc1Cl)C1CC1. The first-order valence-corrected chi connectivity index (χ1v) is 8.56. The molecule has 0 heterocycles. The van der Waals surface area contributed by atoms with Crippen molar-refractivity contribution in [1.29, 1.82) is 0 Å². The van der Waals surface area contributed by atoms with Crippen molar-refractivity contribution in [2.24, 2.45) is 11.7 Å². The van der Waals surface area contributed by atoms with Crippen molar-refractivity contribution in [2.45, 2.75) is 18.9 Å². The lowest BCUT2D eigenvalue weighted by Gasteiger charge is -2.15. The molecule has 1 aliphatic rings. The molecule has 0 radical (unpaired) electrons. The van der Waals surface area contributed by atoms with E-state index in [1.54, 1.807) is 42.5 Å². The van der Waals surface area contributed by atoms with E-state index in [0.29, 0.717) is 34.0 Å². The standard InChI is InChI=1S/C18H18Cl2N2O2.ClH/c19-12-4-1-2-6-15(12)24-16-7-3-5-13(20)17(16)18(23)22-10-14(21)11-8-9-11;/h1-7,11,14H,8-10,21H2,(H,22,23);1H. The summed E-state index contributed by atoms with van der Waals surface area (Å²) in [5, 5.41) is 3.61. The molecule has 7 heteroatoms. The molecule has 2 aromatic carbocycles. The normalized spacial score (nSPS) is 14.4. The highest BCUT2D eigenvalue weighted by atomic mass is 35.5. The number of nitrogens with two attached hydrogens (primary N) is 1. The molecule has 0 aliphatic heterocycles. The third kappa shape index (κ3) is 5.02. The van der Waals surface area contributed by atoms with E-state index >= 15 is 0 Å². The van der Waals surface area contributed by atoms with Crippen LogP contribution in [0, 0.1) is 5.92 Å². The number of carbonyl (C=O) groups excluding carboxylic acids is 1. The average Bonchev–Trinajstić information content (AvgIpc) is 3.39. The monoisotopic (exact) mass is 400 g/mol. The zero-order valence-corrected chi connectivity index (χ0v) is 15.7. The fraction of sp³-hybridized carbons (Fsp3) is 0.278. The molecule has 0 spiro atoms. The van der Waals surface area contributed by atoms with Crippen molar-refractivity contribution in [3.63, 3.8) is 0 Å². The van der Waals surface area contributed by atoms with Gasteiger partial charge in [0, 0.05) is 12.6 Å². The van der Waals surface area contributed by atoms with Gasteiger partial charge in [0.15, 0.2) is 0 Å². The minimum atomic E-state index is -0.307. The summed E-state index contributed by atoms with van der Waals surface area (Å²) in [6, 6.07) is 12.1. The minimum Gasteiger partial charge on any atom is -0.455 e. The summed E-state index contributed by atoms with van der Waals surface area (Å²) < 4.78 is 5.80. The Morgan fingerprint density at radius 1 is 1.12 bits per heavy atom. The molecule has 0 saturated heterocycles. The summed E-state index contributed by atoms with van der Waals surface area (Å²) in [7, 11) is 0. The first kappa shape index (κ1) is 19.9. The fourth-order valence-electron chi connectivity index (χ4n) is 2.45. The van der Waals surface area contributed by atoms with Gasteiger partial charge in [0.2, 0.25) is 0 Å². The largest absolute Gasteiger partial charge is 0.455 e. The highest BCUT2D eigenvalue weighted by molar-refractivity contribution is 6.34. The van der Waals surface area contributed by atoms with Crippen molar-refractivity contribution in [1.82, 2.24) is 5.32 Å². The van der Waals surface area contributed by atoms with Gasteiger partial charge in [-0.2, -0.15) is 0 Å². The number of ether oxygens (including phenoxy) is 1. The molecule has 1 saturated carbocycles. The molecule has 4 nitrogen and oxygen atoms in total. The Hall–Kier alpha value is -1.46. The van der Waals surface area contributed by atoms with Crippen molar-refractivity contribution in [3.8, 4) is 11.5 Å². The van der Waals surface area contributed by atoms with Crippen LogP contribution in [0.5, 0.6) is 11.5 Å². The van der Waals surface area contributed by atoms with Gasteiger partial charge in [-0.1, -0.05) is 41.4 Å². The first-order valence-electron chi connectivity index (χ1n) is 7.81. The Bertz CT molecular complexity index is 751. The summed E-state index contributed by atoms with van der Waals surface area (Å²) in [5.74, 6) is 1.02. The van der Waals surface area contributed by atoms with E-state index < -0.39 is 0 Å². The Morgan fingerprint density at radius 2 is 1.76 bits per heavy atom. The van der Waals surface area contributed by atoms with Gasteiger partial charge < -0.3 is 15.8 Å². The lowest BCUT2D eigenvalue weighted by atomic mass is 10.1. The Balaban J connectivity index is 0.00000225. The molecule has 3 N–H and O–H groups in total. The molecule has 1 unspecified atom stereocenters. The van der Waals surface area contributed by atoms with Crippen LogP contribution < -0.4 is 15.8 Å². The van der Waals surface area contributed by atoms with Crippen LogP contribution in [0.15, 0.2) is 42.5 Å². The van der Waals surface area contributed by atoms with Crippen molar-refractivity contribution < 1.29 is 9.53 Å². The van der Waals surface area contributed by atoms with Crippen molar-refractivity contribution in [3.05, 3.63) is 58.1 Å². The van der Waals surface area contributed by atoms with Crippen molar-refractivity contribution in [2.75, 3.05) is 6.54 Å². The topological polar surface area (TPSA) is 64.3 Å². The Labute approximate surface area is 163 Å². The molecule has 0 bridgehead atoms. The molecule has 2 aromatic rings. The first-order chi connectivity index (χ1) is 11.6. The van der Waals surface area contributed by atoms with E-state index in [1.165, 1.54) is 0 Å². The highest BCUT2D eigenvalue weighted by Crippen LogP contribution is 2.34. The van der Waals surface area contributed by atoms with Gasteiger partial charge in [0.1, 0.15) is 17.1 Å². The maximum atomic E-state index is 12.5. The third-order valence-corrected chi connectivity index (χ3v) is 4.61. The Morgan fingerprint density at radius 3 is 2.44 bits per heavy atom. The molecule has 25 heavy (non-hydrogen) atoms. The zero-order valence-electron chi connectivity index (χ0n) is 13.4. The summed E-state index contributed by atoms with van der Waals surface area (Å²) in [4.78, 5) is 12.5. The fourth-order valence-corrected chi connectivity index (χ4v) is 2.87. The van der Waals surface area contributed by atoms with Crippen LogP contribution in [-0.4, -0.2) is 18.5 Å². The summed E-state index contributed by atoms with van der Waals surface area (Å²) in [5.41, 5.74) is 6.31. The smallest absolute Gasteiger partial charge is 0.256 e. The highest BCUT2D eigenvalue weighted by Gasteiger charge is 2.29. The third-order valence-electron chi connectivity index (χ3n) is 3.98. The lowest BCUT2D eigenvalue weighted by Crippen LogP contribution is -2.38. The Kier molecular flexibility index (Phi) is 6.96. The van der Waals surface area contributed by atoms with Crippen LogP contribution in [-0.2, 0) is 0 Å². The second kappa shape index (κ2) is 8.77. The number of nitrogens with one attached hydrogen (secondary N) is 1. The van der Waals surface area contributed by atoms with Crippen LogP contribution in [0.25, 0.3) is 0 Å². The molecule has 1 atom stereocenters. The van der Waals surface area contributed by atoms with Gasteiger partial charge in [-0.15, -0.1) is 12.4 Å². The van der Waals surface area contributed by atoms with Gasteiger partial charge in [-0.3, -0.25) is 4.79 Å². The number of halogens is 3. The second-order valence-corrected chi connectivity index (χ2v) is 6.67.